The molecule has 19 heavy (non-hydrogen) atoms. The Morgan fingerprint density at radius 3 is 2.53 bits per heavy atom. The van der Waals surface area contributed by atoms with Gasteiger partial charge in [0, 0.05) is 31.6 Å². The zero-order valence-electron chi connectivity index (χ0n) is 12.2. The predicted molar refractivity (Wildman–Crippen MR) is 78.8 cm³/mol. The van der Waals surface area contributed by atoms with Crippen LogP contribution in [0.25, 0.3) is 0 Å². The fourth-order valence-electron chi connectivity index (χ4n) is 2.38. The molecular weight excluding hydrogens is 236 g/mol. The van der Waals surface area contributed by atoms with Gasteiger partial charge in [0.05, 0.1) is 0 Å². The highest BCUT2D eigenvalue weighted by molar-refractivity contribution is 5.51. The number of nitrogens with one attached hydrogen (secondary N) is 1. The van der Waals surface area contributed by atoms with Crippen molar-refractivity contribution < 1.29 is 0 Å². The second-order valence-corrected chi connectivity index (χ2v) is 6.20. The summed E-state index contributed by atoms with van der Waals surface area (Å²) in [5.41, 5.74) is 0. The molecule has 1 N–H and O–H groups in total. The molecular formula is C15H24N4. The van der Waals surface area contributed by atoms with E-state index in [1.165, 1.54) is 32.2 Å². The van der Waals surface area contributed by atoms with E-state index in [2.05, 4.69) is 35.1 Å². The largest absolute Gasteiger partial charge is 0.373 e. The molecule has 3 rings (SSSR count). The van der Waals surface area contributed by atoms with Gasteiger partial charge < -0.3 is 10.2 Å². The van der Waals surface area contributed by atoms with Crippen LogP contribution in [0.5, 0.6) is 0 Å². The molecule has 1 aromatic rings. The second kappa shape index (κ2) is 4.99. The van der Waals surface area contributed by atoms with E-state index >= 15 is 0 Å². The number of nitrogens with zero attached hydrogens (tertiary/aromatic N) is 3. The summed E-state index contributed by atoms with van der Waals surface area (Å²) < 4.78 is 0. The van der Waals surface area contributed by atoms with Crippen molar-refractivity contribution in [2.45, 2.75) is 51.5 Å². The SMILES string of the molecule is CNc1cc(N(CC2CC2)C2CC2)nc(C(C)C)n1. The van der Waals surface area contributed by atoms with Crippen molar-refractivity contribution in [3.63, 3.8) is 0 Å². The zero-order chi connectivity index (χ0) is 13.4. The number of hydrogen-bond donors (Lipinski definition) is 1. The number of aromatic nitrogens is 2. The van der Waals surface area contributed by atoms with Crippen molar-refractivity contribution in [2.75, 3.05) is 23.8 Å². The molecule has 0 unspecified atom stereocenters. The summed E-state index contributed by atoms with van der Waals surface area (Å²) in [6.07, 6.45) is 5.43. The highest BCUT2D eigenvalue weighted by Gasteiger charge is 2.34. The summed E-state index contributed by atoms with van der Waals surface area (Å²) in [5, 5.41) is 3.17. The van der Waals surface area contributed by atoms with Gasteiger partial charge in [-0.3, -0.25) is 0 Å². The van der Waals surface area contributed by atoms with Crippen LogP contribution in [0.15, 0.2) is 6.07 Å². The molecule has 1 aromatic heterocycles. The van der Waals surface area contributed by atoms with Gasteiger partial charge >= 0.3 is 0 Å². The van der Waals surface area contributed by atoms with Crippen molar-refractivity contribution in [1.29, 1.82) is 0 Å². The van der Waals surface area contributed by atoms with Crippen LogP contribution in [0.1, 0.15) is 51.3 Å². The molecule has 1 heterocycles. The molecule has 4 heteroatoms. The Morgan fingerprint density at radius 1 is 1.26 bits per heavy atom. The van der Waals surface area contributed by atoms with Crippen LogP contribution in [0.3, 0.4) is 0 Å². The molecule has 0 aliphatic heterocycles. The van der Waals surface area contributed by atoms with Crippen LogP contribution in [-0.2, 0) is 0 Å². The van der Waals surface area contributed by atoms with Crippen molar-refractivity contribution in [3.05, 3.63) is 11.9 Å². The Morgan fingerprint density at radius 2 is 2.00 bits per heavy atom. The summed E-state index contributed by atoms with van der Waals surface area (Å²) in [4.78, 5) is 11.9. The lowest BCUT2D eigenvalue weighted by molar-refractivity contribution is 0.695. The topological polar surface area (TPSA) is 41.0 Å². The quantitative estimate of drug-likeness (QED) is 0.853. The minimum atomic E-state index is 0.369. The Labute approximate surface area is 115 Å². The van der Waals surface area contributed by atoms with E-state index in [-0.39, 0.29) is 0 Å². The minimum Gasteiger partial charge on any atom is -0.373 e. The van der Waals surface area contributed by atoms with E-state index in [1.807, 2.05) is 7.05 Å². The van der Waals surface area contributed by atoms with Crippen molar-refractivity contribution in [2.24, 2.45) is 5.92 Å². The van der Waals surface area contributed by atoms with E-state index in [1.54, 1.807) is 0 Å². The summed E-state index contributed by atoms with van der Waals surface area (Å²) in [5.74, 6) is 4.28. The Kier molecular flexibility index (Phi) is 3.33. The van der Waals surface area contributed by atoms with Crippen LogP contribution >= 0.6 is 0 Å². The average Bonchev–Trinajstić information content (AvgIpc) is 3.27. The van der Waals surface area contributed by atoms with E-state index in [0.717, 1.165) is 29.4 Å². The third-order valence-electron chi connectivity index (χ3n) is 3.94. The first-order valence-electron chi connectivity index (χ1n) is 7.50. The normalized spacial score (nSPS) is 18.7. The van der Waals surface area contributed by atoms with Crippen molar-refractivity contribution in [3.8, 4) is 0 Å². The van der Waals surface area contributed by atoms with Crippen LogP contribution < -0.4 is 10.2 Å². The van der Waals surface area contributed by atoms with Gasteiger partial charge in [-0.05, 0) is 31.6 Å². The molecule has 0 aromatic carbocycles. The molecule has 0 spiro atoms. The standard InChI is InChI=1S/C15H24N4/c1-10(2)15-17-13(16-3)8-14(18-15)19(12-6-7-12)9-11-4-5-11/h8,10-12H,4-7,9H2,1-3H3,(H,16,17,18). The van der Waals surface area contributed by atoms with Gasteiger partial charge in [-0.1, -0.05) is 13.8 Å². The summed E-state index contributed by atoms with van der Waals surface area (Å²) in [6, 6.07) is 2.83. The molecule has 0 saturated heterocycles. The van der Waals surface area contributed by atoms with Crippen LogP contribution in [-0.4, -0.2) is 29.6 Å². The third kappa shape index (κ3) is 2.99. The number of anilines is 2. The lowest BCUT2D eigenvalue weighted by atomic mass is 10.2. The van der Waals surface area contributed by atoms with E-state index in [4.69, 9.17) is 4.98 Å². The van der Waals surface area contributed by atoms with E-state index in [9.17, 15) is 0 Å². The maximum Gasteiger partial charge on any atom is 0.135 e. The maximum atomic E-state index is 4.80. The first-order valence-corrected chi connectivity index (χ1v) is 7.50. The van der Waals surface area contributed by atoms with Gasteiger partial charge in [-0.25, -0.2) is 9.97 Å². The van der Waals surface area contributed by atoms with E-state index < -0.39 is 0 Å². The van der Waals surface area contributed by atoms with Crippen molar-refractivity contribution >= 4 is 11.6 Å². The maximum absolute atomic E-state index is 4.80. The molecule has 0 amide bonds. The van der Waals surface area contributed by atoms with Gasteiger partial charge in [0.25, 0.3) is 0 Å². The van der Waals surface area contributed by atoms with Gasteiger partial charge in [-0.15, -0.1) is 0 Å². The lowest BCUT2D eigenvalue weighted by Crippen LogP contribution is -2.29. The fraction of sp³-hybridized carbons (Fsp3) is 0.733. The van der Waals surface area contributed by atoms with Gasteiger partial charge in [0.15, 0.2) is 0 Å². The molecule has 4 nitrogen and oxygen atoms in total. The van der Waals surface area contributed by atoms with Gasteiger partial charge in [0.2, 0.25) is 0 Å². The fourth-order valence-corrected chi connectivity index (χ4v) is 2.38. The molecule has 2 aliphatic rings. The Balaban J connectivity index is 1.89. The average molecular weight is 260 g/mol. The molecule has 2 fully saturated rings. The zero-order valence-corrected chi connectivity index (χ0v) is 12.2. The van der Waals surface area contributed by atoms with Crippen LogP contribution in [0.4, 0.5) is 11.6 Å². The smallest absolute Gasteiger partial charge is 0.135 e. The van der Waals surface area contributed by atoms with Gasteiger partial charge in [0.1, 0.15) is 17.5 Å². The van der Waals surface area contributed by atoms with Crippen LogP contribution in [0, 0.1) is 5.92 Å². The number of hydrogen-bond acceptors (Lipinski definition) is 4. The highest BCUT2D eigenvalue weighted by atomic mass is 15.3. The minimum absolute atomic E-state index is 0.369. The number of rotatable bonds is 6. The molecule has 2 saturated carbocycles. The molecule has 2 aliphatic carbocycles. The Hall–Kier alpha value is -1.32. The third-order valence-corrected chi connectivity index (χ3v) is 3.94. The van der Waals surface area contributed by atoms with Gasteiger partial charge in [-0.2, -0.15) is 0 Å². The van der Waals surface area contributed by atoms with E-state index in [0.29, 0.717) is 5.92 Å². The first-order chi connectivity index (χ1) is 9.17. The molecule has 104 valence electrons. The van der Waals surface area contributed by atoms with Crippen molar-refractivity contribution in [1.82, 2.24) is 9.97 Å². The summed E-state index contributed by atoms with van der Waals surface area (Å²) >= 11 is 0. The molecule has 0 atom stereocenters. The lowest BCUT2D eigenvalue weighted by Gasteiger charge is -2.24. The molecule has 0 radical (unpaired) electrons. The Bertz CT molecular complexity index is 449. The predicted octanol–water partition coefficient (Wildman–Crippen LogP) is 3.02. The highest BCUT2D eigenvalue weighted by Crippen LogP contribution is 2.37. The van der Waals surface area contributed by atoms with Crippen LogP contribution in [0.2, 0.25) is 0 Å². The first kappa shape index (κ1) is 12.7. The monoisotopic (exact) mass is 260 g/mol. The molecule has 0 bridgehead atoms. The summed E-state index contributed by atoms with van der Waals surface area (Å²) in [7, 11) is 1.93. The summed E-state index contributed by atoms with van der Waals surface area (Å²) in [6.45, 7) is 5.49. The second-order valence-electron chi connectivity index (χ2n) is 6.20.